The summed E-state index contributed by atoms with van der Waals surface area (Å²) in [6, 6.07) is 23.2. The van der Waals surface area contributed by atoms with Crippen LogP contribution >= 0.6 is 0 Å². The molecule has 0 saturated carbocycles. The highest BCUT2D eigenvalue weighted by molar-refractivity contribution is 7.89. The van der Waals surface area contributed by atoms with Crippen LogP contribution in [0.5, 0.6) is 0 Å². The van der Waals surface area contributed by atoms with Gasteiger partial charge in [0.1, 0.15) is 6.04 Å². The highest BCUT2D eigenvalue weighted by atomic mass is 32.2. The molecule has 0 aliphatic rings. The largest absolute Gasteiger partial charge is 0.344 e. The third-order valence-corrected chi connectivity index (χ3v) is 9.08. The zero-order valence-corrected chi connectivity index (χ0v) is 28.4. The second kappa shape index (κ2) is 18.3. The Hall–Kier alpha value is -4.10. The summed E-state index contributed by atoms with van der Waals surface area (Å²) in [6.45, 7) is 4.45. The minimum Gasteiger partial charge on any atom is -0.344 e. The number of carbonyl (C=O) groups is 3. The predicted octanol–water partition coefficient (Wildman–Crippen LogP) is 4.15. The number of rotatable bonds is 19. The maximum absolute atomic E-state index is 13.4. The number of aryl methyl sites for hydroxylation is 1. The fraction of sp³-hybridized carbons (Fsp3) is 0.400. The maximum Gasteiger partial charge on any atom is 0.246 e. The molecule has 0 heterocycles. The molecule has 3 rings (SSSR count). The monoisotopic (exact) mass is 665 g/mol. The van der Waals surface area contributed by atoms with Gasteiger partial charge in [-0.05, 0) is 86.7 Å². The van der Waals surface area contributed by atoms with Crippen LogP contribution in [0, 0.1) is 11.8 Å². The number of benzene rings is 3. The average Bonchev–Trinajstić information content (AvgIpc) is 3.04. The summed E-state index contributed by atoms with van der Waals surface area (Å²) in [5, 5.41) is 16.0. The lowest BCUT2D eigenvalue weighted by molar-refractivity contribution is -0.155. The number of hydroxylamine groups is 2. The van der Waals surface area contributed by atoms with E-state index >= 15 is 0 Å². The van der Waals surface area contributed by atoms with Crippen molar-refractivity contribution in [2.75, 3.05) is 39.0 Å². The van der Waals surface area contributed by atoms with E-state index in [-0.39, 0.29) is 30.3 Å². The van der Waals surface area contributed by atoms with Crippen LogP contribution in [-0.2, 0) is 30.8 Å². The Morgan fingerprint density at radius 3 is 2.13 bits per heavy atom. The Morgan fingerprint density at radius 2 is 1.53 bits per heavy atom. The number of hydrogen-bond donors (Lipinski definition) is 4. The van der Waals surface area contributed by atoms with Crippen LogP contribution in [-0.4, -0.2) is 81.6 Å². The quantitative estimate of drug-likeness (QED) is 0.0855. The Morgan fingerprint density at radius 1 is 0.894 bits per heavy atom. The summed E-state index contributed by atoms with van der Waals surface area (Å²) in [4.78, 5) is 39.9. The maximum atomic E-state index is 13.4. The minimum absolute atomic E-state index is 0.0634. The number of hydrogen-bond acceptors (Lipinski definition) is 7. The summed E-state index contributed by atoms with van der Waals surface area (Å²) in [6.07, 6.45) is 2.29. The van der Waals surface area contributed by atoms with Crippen molar-refractivity contribution in [1.82, 2.24) is 20.0 Å². The van der Waals surface area contributed by atoms with Gasteiger partial charge in [-0.25, -0.2) is 18.2 Å². The SMILES string of the molecule is CC(C)CC(NC(=O)C(CCCc1ccc(-c2ccccc2)cc1)CN(O)C=O)C(=O)Nc1ccc(S(=O)(=O)NCCN(C)C)cc1. The molecule has 3 aromatic rings. The van der Waals surface area contributed by atoms with Crippen molar-refractivity contribution in [3.63, 3.8) is 0 Å². The van der Waals surface area contributed by atoms with Crippen molar-refractivity contribution in [1.29, 1.82) is 0 Å². The van der Waals surface area contributed by atoms with Crippen molar-refractivity contribution < 1.29 is 28.0 Å². The third-order valence-electron chi connectivity index (χ3n) is 7.60. The van der Waals surface area contributed by atoms with Crippen LogP contribution in [0.2, 0.25) is 0 Å². The molecule has 254 valence electrons. The zero-order valence-electron chi connectivity index (χ0n) is 27.6. The van der Waals surface area contributed by atoms with Gasteiger partial charge in [-0.1, -0.05) is 68.4 Å². The fourth-order valence-corrected chi connectivity index (χ4v) is 6.07. The van der Waals surface area contributed by atoms with E-state index in [0.29, 0.717) is 43.0 Å². The van der Waals surface area contributed by atoms with Crippen LogP contribution in [0.4, 0.5) is 5.69 Å². The van der Waals surface area contributed by atoms with Gasteiger partial charge < -0.3 is 15.5 Å². The van der Waals surface area contributed by atoms with Crippen molar-refractivity contribution >= 4 is 33.9 Å². The number of anilines is 1. The molecule has 12 heteroatoms. The summed E-state index contributed by atoms with van der Waals surface area (Å²) in [5.41, 5.74) is 3.71. The van der Waals surface area contributed by atoms with Gasteiger partial charge in [-0.2, -0.15) is 0 Å². The molecule has 0 aliphatic heterocycles. The molecule has 0 radical (unpaired) electrons. The van der Waals surface area contributed by atoms with E-state index < -0.39 is 33.8 Å². The Labute approximate surface area is 278 Å². The van der Waals surface area contributed by atoms with E-state index in [1.807, 2.05) is 75.3 Å². The van der Waals surface area contributed by atoms with Gasteiger partial charge in [0.05, 0.1) is 17.4 Å². The van der Waals surface area contributed by atoms with Crippen molar-refractivity contribution in [3.8, 4) is 11.1 Å². The van der Waals surface area contributed by atoms with Crippen LogP contribution in [0.25, 0.3) is 11.1 Å². The molecular formula is C35H47N5O6S. The first-order valence-corrected chi connectivity index (χ1v) is 17.3. The molecule has 0 aromatic heterocycles. The van der Waals surface area contributed by atoms with E-state index in [4.69, 9.17) is 0 Å². The topological polar surface area (TPSA) is 148 Å². The molecule has 0 spiro atoms. The van der Waals surface area contributed by atoms with Gasteiger partial charge in [-0.15, -0.1) is 0 Å². The van der Waals surface area contributed by atoms with Gasteiger partial charge in [0, 0.05) is 18.8 Å². The number of likely N-dealkylation sites (N-methyl/N-ethyl adjacent to an activating group) is 1. The number of amides is 3. The second-order valence-corrected chi connectivity index (χ2v) is 14.1. The summed E-state index contributed by atoms with van der Waals surface area (Å²) in [5.74, 6) is -1.59. The molecule has 0 bridgehead atoms. The molecule has 47 heavy (non-hydrogen) atoms. The Kier molecular flexibility index (Phi) is 14.5. The van der Waals surface area contributed by atoms with E-state index in [9.17, 15) is 28.0 Å². The lowest BCUT2D eigenvalue weighted by atomic mass is 9.96. The van der Waals surface area contributed by atoms with Crippen LogP contribution in [0.15, 0.2) is 83.8 Å². The molecule has 2 atom stereocenters. The van der Waals surface area contributed by atoms with Crippen molar-refractivity contribution in [2.24, 2.45) is 11.8 Å². The van der Waals surface area contributed by atoms with E-state index in [0.717, 1.165) is 16.7 Å². The molecular weight excluding hydrogens is 618 g/mol. The number of carbonyl (C=O) groups excluding carboxylic acids is 3. The third kappa shape index (κ3) is 12.6. The highest BCUT2D eigenvalue weighted by Gasteiger charge is 2.27. The van der Waals surface area contributed by atoms with Crippen LogP contribution in [0.3, 0.4) is 0 Å². The summed E-state index contributed by atoms with van der Waals surface area (Å²) >= 11 is 0. The first kappa shape index (κ1) is 37.4. The predicted molar refractivity (Wildman–Crippen MR) is 183 cm³/mol. The number of nitrogens with one attached hydrogen (secondary N) is 3. The van der Waals surface area contributed by atoms with E-state index in [1.165, 1.54) is 24.3 Å². The van der Waals surface area contributed by atoms with Crippen molar-refractivity contribution in [2.45, 2.75) is 50.5 Å². The Balaban J connectivity index is 1.63. The smallest absolute Gasteiger partial charge is 0.246 e. The van der Waals surface area contributed by atoms with Crippen LogP contribution in [0.1, 0.15) is 38.7 Å². The fourth-order valence-electron chi connectivity index (χ4n) is 5.05. The van der Waals surface area contributed by atoms with E-state index in [1.54, 1.807) is 0 Å². The lowest BCUT2D eigenvalue weighted by Gasteiger charge is -2.25. The molecule has 4 N–H and O–H groups in total. The van der Waals surface area contributed by atoms with Crippen molar-refractivity contribution in [3.05, 3.63) is 84.4 Å². The molecule has 3 aromatic carbocycles. The van der Waals surface area contributed by atoms with Gasteiger partial charge in [0.25, 0.3) is 0 Å². The molecule has 2 unspecified atom stereocenters. The lowest BCUT2D eigenvalue weighted by Crippen LogP contribution is -2.48. The Bertz CT molecular complexity index is 1530. The van der Waals surface area contributed by atoms with E-state index in [2.05, 4.69) is 27.5 Å². The second-order valence-electron chi connectivity index (χ2n) is 12.3. The van der Waals surface area contributed by atoms with Gasteiger partial charge >= 0.3 is 0 Å². The highest BCUT2D eigenvalue weighted by Crippen LogP contribution is 2.21. The van der Waals surface area contributed by atoms with Gasteiger partial charge in [-0.3, -0.25) is 19.6 Å². The summed E-state index contributed by atoms with van der Waals surface area (Å²) in [7, 11) is -0.0101. The molecule has 0 saturated heterocycles. The molecule has 0 aliphatic carbocycles. The first-order valence-electron chi connectivity index (χ1n) is 15.8. The number of nitrogens with zero attached hydrogens (tertiary/aromatic N) is 2. The number of sulfonamides is 1. The minimum atomic E-state index is -3.71. The summed E-state index contributed by atoms with van der Waals surface area (Å²) < 4.78 is 27.7. The van der Waals surface area contributed by atoms with Gasteiger partial charge in [0.2, 0.25) is 28.2 Å². The standard InChI is InChI=1S/C35H47N5O6S/c1-26(2)23-33(35(43)37-31-17-19-32(20-18-31)47(45,46)36-21-22-39(3)4)38-34(42)30(24-40(44)25-41)12-8-9-27-13-15-29(16-14-27)28-10-6-5-7-11-28/h5-7,10-11,13-20,25-26,30,33,36,44H,8-9,12,21-24H2,1-4H3,(H,37,43)(H,38,42). The average molecular weight is 666 g/mol. The molecule has 3 amide bonds. The molecule has 0 fully saturated rings. The van der Waals surface area contributed by atoms with Crippen LogP contribution < -0.4 is 15.4 Å². The normalized spacial score (nSPS) is 12.8. The van der Waals surface area contributed by atoms with Gasteiger partial charge in [0.15, 0.2) is 0 Å². The first-order chi connectivity index (χ1) is 22.4. The zero-order chi connectivity index (χ0) is 34.4. The molecule has 11 nitrogen and oxygen atoms in total.